The van der Waals surface area contributed by atoms with E-state index in [2.05, 4.69) is 27.9 Å². The zero-order valence-corrected chi connectivity index (χ0v) is 13.1. The molecule has 0 heterocycles. The van der Waals surface area contributed by atoms with Crippen LogP contribution in [0, 0.1) is 0 Å². The Labute approximate surface area is 127 Å². The molecular weight excluding hydrogens is 355 g/mol. The molecule has 1 atom stereocenters. The van der Waals surface area contributed by atoms with Crippen molar-refractivity contribution in [3.8, 4) is 0 Å². The molecule has 104 valence electrons. The van der Waals surface area contributed by atoms with Crippen molar-refractivity contribution >= 4 is 28.5 Å². The quantitative estimate of drug-likeness (QED) is 0.437. The van der Waals surface area contributed by atoms with Gasteiger partial charge in [0.2, 0.25) is 5.91 Å². The first-order valence-corrected chi connectivity index (χ1v) is 7.60. The number of benzene rings is 1. The van der Waals surface area contributed by atoms with E-state index in [-0.39, 0.29) is 12.0 Å². The van der Waals surface area contributed by atoms with E-state index in [1.165, 1.54) is 6.08 Å². The number of alkyl halides is 1. The zero-order valence-electron chi connectivity index (χ0n) is 10.9. The molecule has 0 aliphatic heterocycles. The molecule has 0 aliphatic rings. The van der Waals surface area contributed by atoms with E-state index in [1.807, 2.05) is 30.3 Å². The first-order valence-electron chi connectivity index (χ1n) is 6.07. The van der Waals surface area contributed by atoms with Gasteiger partial charge in [-0.1, -0.05) is 52.9 Å². The number of rotatable bonds is 7. The number of hydrogen-bond donors (Lipinski definition) is 2. The molecular formula is C14H19IN2O2. The van der Waals surface area contributed by atoms with Crippen molar-refractivity contribution in [2.24, 2.45) is 5.73 Å². The van der Waals surface area contributed by atoms with Crippen molar-refractivity contribution in [3.05, 3.63) is 47.7 Å². The summed E-state index contributed by atoms with van der Waals surface area (Å²) in [7, 11) is 0. The number of nitrogens with two attached hydrogens (primary N) is 1. The maximum Gasteiger partial charge on any atom is 0.245 e. The summed E-state index contributed by atoms with van der Waals surface area (Å²) < 4.78 is 6.67. The average molecular weight is 374 g/mol. The van der Waals surface area contributed by atoms with Crippen LogP contribution in [-0.2, 0) is 9.53 Å². The summed E-state index contributed by atoms with van der Waals surface area (Å²) in [6.07, 6.45) is 1.24. The number of hydrogen-bond acceptors (Lipinski definition) is 3. The summed E-state index contributed by atoms with van der Waals surface area (Å²) in [5.74, 6) is -0.195. The molecule has 0 saturated carbocycles. The molecule has 19 heavy (non-hydrogen) atoms. The number of carbonyl (C=O) groups excluding carboxylic acids is 1. The van der Waals surface area contributed by atoms with Gasteiger partial charge in [-0.3, -0.25) is 4.79 Å². The molecule has 0 aromatic heterocycles. The van der Waals surface area contributed by atoms with E-state index in [9.17, 15) is 4.79 Å². The van der Waals surface area contributed by atoms with Gasteiger partial charge in [0.25, 0.3) is 0 Å². The molecule has 1 unspecified atom stereocenters. The average Bonchev–Trinajstić information content (AvgIpc) is 2.39. The van der Waals surface area contributed by atoms with E-state index >= 15 is 0 Å². The molecule has 1 amide bonds. The third-order valence-electron chi connectivity index (χ3n) is 2.39. The van der Waals surface area contributed by atoms with Gasteiger partial charge < -0.3 is 15.8 Å². The number of carbonyl (C=O) groups is 1. The van der Waals surface area contributed by atoms with Gasteiger partial charge >= 0.3 is 0 Å². The Hall–Kier alpha value is -1.08. The van der Waals surface area contributed by atoms with Crippen LogP contribution in [-0.4, -0.2) is 23.5 Å². The Balaban J connectivity index is 2.60. The molecule has 1 rings (SSSR count). The van der Waals surface area contributed by atoms with Crippen LogP contribution in [0.15, 0.2) is 42.1 Å². The maximum absolute atomic E-state index is 11.5. The molecule has 4 nitrogen and oxygen atoms in total. The topological polar surface area (TPSA) is 64.4 Å². The highest BCUT2D eigenvalue weighted by atomic mass is 127. The number of nitrogens with one attached hydrogen (secondary N) is 1. The van der Waals surface area contributed by atoms with Crippen LogP contribution in [0.25, 0.3) is 0 Å². The van der Waals surface area contributed by atoms with Gasteiger partial charge in [0.05, 0.1) is 12.7 Å². The van der Waals surface area contributed by atoms with Gasteiger partial charge in [0, 0.05) is 22.7 Å². The molecule has 3 N–H and O–H groups in total. The number of halogens is 1. The Morgan fingerprint density at radius 2 is 2.16 bits per heavy atom. The first kappa shape index (κ1) is 16.0. The van der Waals surface area contributed by atoms with Crippen LogP contribution in [0.2, 0.25) is 0 Å². The highest BCUT2D eigenvalue weighted by Gasteiger charge is 2.12. The molecule has 5 heteroatoms. The number of ether oxygens (including phenoxy) is 1. The van der Waals surface area contributed by atoms with Crippen LogP contribution in [0.3, 0.4) is 0 Å². The van der Waals surface area contributed by atoms with Crippen molar-refractivity contribution < 1.29 is 9.53 Å². The van der Waals surface area contributed by atoms with E-state index in [1.54, 1.807) is 6.92 Å². The van der Waals surface area contributed by atoms with Gasteiger partial charge in [-0.25, -0.2) is 0 Å². The smallest absolute Gasteiger partial charge is 0.245 e. The normalized spacial score (nSPS) is 13.1. The fraction of sp³-hybridized carbons (Fsp3) is 0.357. The highest BCUT2D eigenvalue weighted by molar-refractivity contribution is 14.1. The van der Waals surface area contributed by atoms with Crippen LogP contribution >= 0.6 is 22.6 Å². The van der Waals surface area contributed by atoms with Crippen molar-refractivity contribution in [2.75, 3.05) is 17.6 Å². The van der Waals surface area contributed by atoms with E-state index < -0.39 is 0 Å². The monoisotopic (exact) mass is 374 g/mol. The molecule has 0 bridgehead atoms. The SMILES string of the molecule is CC(N)=CC(=O)NCC(OCCI)c1ccccc1. The maximum atomic E-state index is 11.5. The van der Waals surface area contributed by atoms with E-state index in [0.29, 0.717) is 18.8 Å². The van der Waals surface area contributed by atoms with Crippen molar-refractivity contribution in [2.45, 2.75) is 13.0 Å². The van der Waals surface area contributed by atoms with Crippen molar-refractivity contribution in [3.63, 3.8) is 0 Å². The lowest BCUT2D eigenvalue weighted by Crippen LogP contribution is -2.29. The number of allylic oxidation sites excluding steroid dienone is 1. The van der Waals surface area contributed by atoms with Crippen LogP contribution < -0.4 is 11.1 Å². The fourth-order valence-corrected chi connectivity index (χ4v) is 1.83. The second-order valence-corrected chi connectivity index (χ2v) is 5.17. The van der Waals surface area contributed by atoms with E-state index in [0.717, 1.165) is 9.99 Å². The van der Waals surface area contributed by atoms with Crippen molar-refractivity contribution in [1.29, 1.82) is 0 Å². The van der Waals surface area contributed by atoms with Gasteiger partial charge in [-0.2, -0.15) is 0 Å². The minimum absolute atomic E-state index is 0.133. The Morgan fingerprint density at radius 1 is 1.47 bits per heavy atom. The largest absolute Gasteiger partial charge is 0.402 e. The fourth-order valence-electron chi connectivity index (χ4n) is 1.58. The first-order chi connectivity index (χ1) is 9.13. The third-order valence-corrected chi connectivity index (χ3v) is 2.83. The summed E-state index contributed by atoms with van der Waals surface area (Å²) in [6.45, 7) is 2.77. The standard InChI is InChI=1S/C14H19IN2O2/c1-11(16)9-14(18)17-10-13(19-8-7-15)12-5-3-2-4-6-12/h2-6,9,13H,7-8,10,16H2,1H3,(H,17,18). The lowest BCUT2D eigenvalue weighted by molar-refractivity contribution is -0.117. The molecule has 0 spiro atoms. The zero-order chi connectivity index (χ0) is 14.1. The van der Waals surface area contributed by atoms with Gasteiger partial charge in [0.15, 0.2) is 0 Å². The molecule has 0 saturated heterocycles. The minimum atomic E-state index is -0.195. The summed E-state index contributed by atoms with van der Waals surface area (Å²) in [4.78, 5) is 11.5. The predicted molar refractivity (Wildman–Crippen MR) is 85.0 cm³/mol. The van der Waals surface area contributed by atoms with Gasteiger partial charge in [-0.15, -0.1) is 0 Å². The van der Waals surface area contributed by atoms with Crippen LogP contribution in [0.1, 0.15) is 18.6 Å². The third kappa shape index (κ3) is 6.58. The van der Waals surface area contributed by atoms with Gasteiger partial charge in [-0.05, 0) is 12.5 Å². The molecule has 0 aliphatic carbocycles. The minimum Gasteiger partial charge on any atom is -0.402 e. The van der Waals surface area contributed by atoms with Gasteiger partial charge in [0.1, 0.15) is 0 Å². The molecule has 0 fully saturated rings. The summed E-state index contributed by atoms with van der Waals surface area (Å²) in [5, 5.41) is 2.80. The van der Waals surface area contributed by atoms with Crippen LogP contribution in [0.4, 0.5) is 0 Å². The number of amides is 1. The highest BCUT2D eigenvalue weighted by Crippen LogP contribution is 2.16. The van der Waals surface area contributed by atoms with Crippen LogP contribution in [0.5, 0.6) is 0 Å². The Kier molecular flexibility index (Phi) is 7.50. The summed E-state index contributed by atoms with van der Waals surface area (Å²) >= 11 is 2.26. The second-order valence-electron chi connectivity index (χ2n) is 4.09. The molecule has 1 aromatic rings. The molecule has 0 radical (unpaired) electrons. The predicted octanol–water partition coefficient (Wildman–Crippen LogP) is 2.16. The lowest BCUT2D eigenvalue weighted by atomic mass is 10.1. The van der Waals surface area contributed by atoms with Crippen molar-refractivity contribution in [1.82, 2.24) is 5.32 Å². The van der Waals surface area contributed by atoms with E-state index in [4.69, 9.17) is 10.5 Å². The Bertz CT molecular complexity index is 417. The Morgan fingerprint density at radius 3 is 2.74 bits per heavy atom. The summed E-state index contributed by atoms with van der Waals surface area (Å²) in [6, 6.07) is 9.86. The second kappa shape index (κ2) is 8.92. The molecule has 1 aromatic carbocycles. The summed E-state index contributed by atoms with van der Waals surface area (Å²) in [5.41, 5.74) is 7.00. The lowest BCUT2D eigenvalue weighted by Gasteiger charge is -2.18.